The minimum absolute atomic E-state index is 0.0272. The number of rotatable bonds is 12. The summed E-state index contributed by atoms with van der Waals surface area (Å²) in [6.07, 6.45) is 8.46. The maximum absolute atomic E-state index is 15.4. The molecule has 2 aliphatic carbocycles. The van der Waals surface area contributed by atoms with E-state index in [1.807, 2.05) is 31.4 Å². The van der Waals surface area contributed by atoms with Crippen LogP contribution in [0.2, 0.25) is 5.02 Å². The van der Waals surface area contributed by atoms with Crippen LogP contribution in [0.15, 0.2) is 47.9 Å². The topological polar surface area (TPSA) is 157 Å². The summed E-state index contributed by atoms with van der Waals surface area (Å²) >= 11 is 8.31. The van der Waals surface area contributed by atoms with E-state index in [9.17, 15) is 19.0 Å². The molecule has 8 rings (SSSR count). The standard InChI is InChI=1S/C49H58ClF2N4O8PS/c1-28(2)53-48-55-38(27-66-48)37-22-42(34-17-19-41(62-4)44(50)46(34)54-37)63-33-21-39-40(57)24-49(65(60,61)26-35-36(51)18-16-29(3)45(35)52)23-31(49)13-9-7-5-6-8-12-30(47(59)56(39)25-33)20-43(58)64-32-14-10-11-15-32/h9,13,16-19,22,27-28,30-33,39H,5-8,10-12,14-15,20-21,23-26H2,1-4H3,(H,53,55)(H,60,61)/b13-9-/t30-,31+,33-,39+,49-/m1/s1. The Morgan fingerprint density at radius 2 is 1.82 bits per heavy atom. The summed E-state index contributed by atoms with van der Waals surface area (Å²) in [5.74, 6) is -3.65. The number of allylic oxidation sites excluding steroid dienone is 2. The fourth-order valence-electron chi connectivity index (χ4n) is 9.94. The molecular weight excluding hydrogens is 909 g/mol. The number of hydrogen-bond donors (Lipinski definition) is 2. The van der Waals surface area contributed by atoms with Crippen LogP contribution in [0.5, 0.6) is 11.5 Å². The molecule has 1 saturated heterocycles. The molecular formula is C49H58ClF2N4O8PS. The lowest BCUT2D eigenvalue weighted by molar-refractivity contribution is -0.154. The van der Waals surface area contributed by atoms with Gasteiger partial charge in [0.05, 0.1) is 48.6 Å². The zero-order valence-corrected chi connectivity index (χ0v) is 40.3. The molecule has 12 nitrogen and oxygen atoms in total. The molecule has 0 bridgehead atoms. The van der Waals surface area contributed by atoms with Crippen molar-refractivity contribution in [1.82, 2.24) is 14.9 Å². The second-order valence-electron chi connectivity index (χ2n) is 18.7. The minimum Gasteiger partial charge on any atom is -0.495 e. The third-order valence-corrected chi connectivity index (χ3v) is 17.6. The number of carbonyl (C=O) groups excluding carboxylic acids is 3. The first-order valence-corrected chi connectivity index (χ1v) is 26.2. The number of thiazole rings is 1. The highest BCUT2D eigenvalue weighted by atomic mass is 35.5. The van der Waals surface area contributed by atoms with Gasteiger partial charge in [-0.05, 0) is 102 Å². The number of amides is 1. The van der Waals surface area contributed by atoms with Crippen LogP contribution in [0, 0.1) is 30.4 Å². The number of aryl methyl sites for hydroxylation is 1. The zero-order chi connectivity index (χ0) is 46.9. The van der Waals surface area contributed by atoms with Crippen LogP contribution < -0.4 is 14.8 Å². The Hall–Kier alpha value is -4.43. The van der Waals surface area contributed by atoms with E-state index < -0.39 is 83.9 Å². The van der Waals surface area contributed by atoms with Crippen LogP contribution in [0.25, 0.3) is 22.3 Å². The number of ketones is 1. The first-order chi connectivity index (χ1) is 31.6. The van der Waals surface area contributed by atoms with E-state index in [1.54, 1.807) is 18.2 Å². The van der Waals surface area contributed by atoms with Crippen molar-refractivity contribution in [2.45, 2.75) is 140 Å². The monoisotopic (exact) mass is 966 g/mol. The Bertz CT molecular complexity index is 2570. The van der Waals surface area contributed by atoms with Crippen LogP contribution in [0.1, 0.15) is 108 Å². The van der Waals surface area contributed by atoms with Gasteiger partial charge in [-0.3, -0.25) is 18.9 Å². The number of aromatic nitrogens is 2. The van der Waals surface area contributed by atoms with Crippen LogP contribution in [0.4, 0.5) is 13.9 Å². The summed E-state index contributed by atoms with van der Waals surface area (Å²) < 4.78 is 63.4. The number of pyridine rings is 1. The number of nitrogens with zero attached hydrogens (tertiary/aromatic N) is 3. The molecule has 2 aromatic heterocycles. The molecule has 2 aromatic carbocycles. The Labute approximate surface area is 393 Å². The summed E-state index contributed by atoms with van der Waals surface area (Å²) in [5, 5.41) is 5.19. The second-order valence-corrected chi connectivity index (χ2v) is 22.6. The molecule has 17 heteroatoms. The number of benzene rings is 2. The summed E-state index contributed by atoms with van der Waals surface area (Å²) in [4.78, 5) is 66.6. The van der Waals surface area contributed by atoms with Crippen molar-refractivity contribution in [2.24, 2.45) is 11.8 Å². The van der Waals surface area contributed by atoms with E-state index in [0.717, 1.165) is 44.6 Å². The number of nitrogens with one attached hydrogen (secondary N) is 1. The fourth-order valence-corrected chi connectivity index (χ4v) is 13.6. The molecule has 2 N–H and O–H groups in total. The molecule has 354 valence electrons. The normalized spacial score (nSPS) is 25.4. The van der Waals surface area contributed by atoms with Crippen LogP contribution in [-0.4, -0.2) is 80.5 Å². The first kappa shape index (κ1) is 48.0. The summed E-state index contributed by atoms with van der Waals surface area (Å²) in [7, 11) is -3.00. The molecule has 4 aromatic rings. The van der Waals surface area contributed by atoms with Gasteiger partial charge in [0.15, 0.2) is 10.9 Å². The fraction of sp³-hybridized carbons (Fsp3) is 0.531. The van der Waals surface area contributed by atoms with E-state index in [0.29, 0.717) is 58.2 Å². The van der Waals surface area contributed by atoms with Crippen LogP contribution in [0.3, 0.4) is 0 Å². The third-order valence-electron chi connectivity index (χ3n) is 13.6. The zero-order valence-electron chi connectivity index (χ0n) is 37.8. The lowest BCUT2D eigenvalue weighted by Crippen LogP contribution is -2.45. The molecule has 1 unspecified atom stereocenters. The van der Waals surface area contributed by atoms with E-state index in [4.69, 9.17) is 35.8 Å². The lowest BCUT2D eigenvalue weighted by atomic mass is 9.94. The number of hydrogen-bond acceptors (Lipinski definition) is 11. The Morgan fingerprint density at radius 1 is 1.05 bits per heavy atom. The maximum Gasteiger partial charge on any atom is 0.306 e. The Kier molecular flexibility index (Phi) is 14.6. The Morgan fingerprint density at radius 3 is 2.58 bits per heavy atom. The van der Waals surface area contributed by atoms with Crippen molar-refractivity contribution >= 4 is 64.0 Å². The average molecular weight is 968 g/mol. The predicted molar refractivity (Wildman–Crippen MR) is 251 cm³/mol. The van der Waals surface area contributed by atoms with Crippen molar-refractivity contribution in [3.63, 3.8) is 0 Å². The van der Waals surface area contributed by atoms with Gasteiger partial charge in [-0.1, -0.05) is 42.7 Å². The third kappa shape index (κ3) is 10.2. The minimum atomic E-state index is -4.51. The highest BCUT2D eigenvalue weighted by Crippen LogP contribution is 2.74. The Balaban J connectivity index is 1.15. The van der Waals surface area contributed by atoms with Gasteiger partial charge in [-0.25, -0.2) is 18.7 Å². The molecule has 0 radical (unpaired) electrons. The molecule has 4 aliphatic rings. The SMILES string of the molecule is COc1ccc2c(O[C@@H]3C[C@H]4C(=O)C[C@]5(P(=O)(O)Cc6c(F)ccc(C)c6F)C[C@@H]5/C=C\CCCCC[C@H](CC(=O)OC5CCCC5)C(=O)N4C3)cc(-c3csc(NC(C)C)n3)nc2c1Cl. The molecule has 2 saturated carbocycles. The van der Waals surface area contributed by atoms with Gasteiger partial charge >= 0.3 is 5.97 Å². The summed E-state index contributed by atoms with van der Waals surface area (Å²) in [6, 6.07) is 6.63. The van der Waals surface area contributed by atoms with E-state index in [-0.39, 0.29) is 48.5 Å². The van der Waals surface area contributed by atoms with Gasteiger partial charge < -0.3 is 29.3 Å². The molecule has 0 spiro atoms. The summed E-state index contributed by atoms with van der Waals surface area (Å²) in [6.45, 7) is 5.46. The van der Waals surface area contributed by atoms with Gasteiger partial charge in [0, 0.05) is 47.2 Å². The number of fused-ring (bicyclic) bond motifs is 3. The number of esters is 1. The van der Waals surface area contributed by atoms with Crippen molar-refractivity contribution in [2.75, 3.05) is 19.0 Å². The average Bonchev–Trinajstić information content (AvgIpc) is 3.69. The number of anilines is 1. The number of Topliss-reactive ketones (excluding diaryl/α,β-unsaturated/α-hetero) is 1. The summed E-state index contributed by atoms with van der Waals surface area (Å²) in [5.41, 5.74) is 1.08. The van der Waals surface area contributed by atoms with E-state index >= 15 is 13.6 Å². The van der Waals surface area contributed by atoms with Crippen molar-refractivity contribution in [3.05, 3.63) is 75.6 Å². The molecule has 2 aliphatic heterocycles. The van der Waals surface area contributed by atoms with E-state index in [2.05, 4.69) is 5.32 Å². The van der Waals surface area contributed by atoms with Crippen LogP contribution >= 0.6 is 30.3 Å². The lowest BCUT2D eigenvalue weighted by Gasteiger charge is -2.30. The first-order valence-electron chi connectivity index (χ1n) is 23.1. The van der Waals surface area contributed by atoms with Crippen molar-refractivity contribution in [3.8, 4) is 22.9 Å². The highest BCUT2D eigenvalue weighted by molar-refractivity contribution is 7.59. The quantitative estimate of drug-likeness (QED) is 0.0791. The molecule has 1 amide bonds. The van der Waals surface area contributed by atoms with Gasteiger partial charge in [0.1, 0.15) is 46.1 Å². The van der Waals surface area contributed by atoms with Crippen molar-refractivity contribution in [1.29, 1.82) is 0 Å². The smallest absolute Gasteiger partial charge is 0.306 e. The number of methoxy groups -OCH3 is 1. The molecule has 6 atom stereocenters. The number of ether oxygens (including phenoxy) is 3. The molecule has 4 heterocycles. The van der Waals surface area contributed by atoms with Gasteiger partial charge in [-0.15, -0.1) is 11.3 Å². The number of halogens is 3. The van der Waals surface area contributed by atoms with E-state index in [1.165, 1.54) is 36.3 Å². The van der Waals surface area contributed by atoms with Gasteiger partial charge in [-0.2, -0.15) is 0 Å². The predicted octanol–water partition coefficient (Wildman–Crippen LogP) is 11.0. The highest BCUT2D eigenvalue weighted by Gasteiger charge is 2.65. The van der Waals surface area contributed by atoms with Crippen molar-refractivity contribution < 1.29 is 46.8 Å². The number of carbonyl (C=O) groups is 3. The van der Waals surface area contributed by atoms with Gasteiger partial charge in [0.2, 0.25) is 13.3 Å². The van der Waals surface area contributed by atoms with Crippen LogP contribution in [-0.2, 0) is 29.8 Å². The molecule has 66 heavy (non-hydrogen) atoms. The molecule has 3 fully saturated rings. The van der Waals surface area contributed by atoms with Gasteiger partial charge in [0.25, 0.3) is 0 Å². The largest absolute Gasteiger partial charge is 0.495 e. The second kappa shape index (κ2) is 20.0. The maximum atomic E-state index is 15.4.